The highest BCUT2D eigenvalue weighted by Crippen LogP contribution is 2.31. The average molecular weight is 464 g/mol. The average Bonchev–Trinajstić information content (AvgIpc) is 3.26. The van der Waals surface area contributed by atoms with Crippen molar-refractivity contribution in [1.82, 2.24) is 25.5 Å². The van der Waals surface area contributed by atoms with Gasteiger partial charge in [0, 0.05) is 35.5 Å². The third-order valence-electron chi connectivity index (χ3n) is 6.31. The smallest absolute Gasteiger partial charge is 0.317 e. The Morgan fingerprint density at radius 1 is 1.24 bits per heavy atom. The predicted octanol–water partition coefficient (Wildman–Crippen LogP) is 2.02. The number of pyridine rings is 1. The summed E-state index contributed by atoms with van der Waals surface area (Å²) in [5.74, 6) is -1.47. The number of amides is 2. The highest BCUT2D eigenvalue weighted by atomic mass is 16.4. The molecule has 0 unspecified atom stereocenters. The molecule has 3 heterocycles. The summed E-state index contributed by atoms with van der Waals surface area (Å²) in [6.45, 7) is 2.20. The number of H-pyrrole nitrogens is 1. The molecule has 0 spiro atoms. The first-order chi connectivity index (χ1) is 16.4. The van der Waals surface area contributed by atoms with Crippen LogP contribution >= 0.6 is 0 Å². The number of carbonyl (C=O) groups excluding carboxylic acids is 2. The standard InChI is InChI=1S/C25H29N5O4/c1-16(24(33)27-14-20-11-19-13-26-9-7-21(19)29-20)28-25(34)22-12-18(17-5-3-2-4-6-17)8-10-30(22)15-23(31)32/h2-7,9,11,13,16,18,22,29H,8,10,12,14-15H2,1H3,(H,27,33)(H,28,34)(H,31,32)/t16-,18-,22+/m0/s1. The number of carboxylic acids is 1. The molecule has 1 aliphatic heterocycles. The number of aromatic amines is 1. The second-order valence-electron chi connectivity index (χ2n) is 8.72. The summed E-state index contributed by atoms with van der Waals surface area (Å²) in [6.07, 6.45) is 4.72. The van der Waals surface area contributed by atoms with E-state index < -0.39 is 18.1 Å². The number of rotatable bonds is 8. The lowest BCUT2D eigenvalue weighted by Gasteiger charge is -2.38. The maximum Gasteiger partial charge on any atom is 0.317 e. The van der Waals surface area contributed by atoms with Gasteiger partial charge >= 0.3 is 5.97 Å². The van der Waals surface area contributed by atoms with Gasteiger partial charge in [0.25, 0.3) is 0 Å². The molecule has 9 heteroatoms. The molecule has 3 aromatic rings. The largest absolute Gasteiger partial charge is 0.480 e. The van der Waals surface area contributed by atoms with Crippen LogP contribution in [0.25, 0.3) is 10.9 Å². The zero-order valence-electron chi connectivity index (χ0n) is 19.0. The number of carbonyl (C=O) groups is 3. The Labute approximate surface area is 197 Å². The number of fused-ring (bicyclic) bond motifs is 1. The van der Waals surface area contributed by atoms with Gasteiger partial charge in [-0.1, -0.05) is 30.3 Å². The molecular formula is C25H29N5O4. The van der Waals surface area contributed by atoms with Crippen molar-refractivity contribution in [1.29, 1.82) is 0 Å². The topological polar surface area (TPSA) is 127 Å². The number of hydrogen-bond acceptors (Lipinski definition) is 5. The number of carboxylic acid groups (broad SMARTS) is 1. The Hall–Kier alpha value is -3.72. The summed E-state index contributed by atoms with van der Waals surface area (Å²) in [5.41, 5.74) is 2.90. The lowest BCUT2D eigenvalue weighted by molar-refractivity contribution is -0.141. The third-order valence-corrected chi connectivity index (χ3v) is 6.31. The number of benzene rings is 1. The lowest BCUT2D eigenvalue weighted by Crippen LogP contribution is -2.55. The number of aliphatic carboxylic acids is 1. The van der Waals surface area contributed by atoms with Gasteiger partial charge in [-0.15, -0.1) is 0 Å². The molecule has 178 valence electrons. The minimum atomic E-state index is -0.977. The SMILES string of the molecule is C[C@H](NC(=O)[C@H]1C[C@@H](c2ccccc2)CCN1CC(=O)O)C(=O)NCc1cc2cnccc2[nH]1. The highest BCUT2D eigenvalue weighted by molar-refractivity contribution is 5.90. The van der Waals surface area contributed by atoms with Gasteiger partial charge in [-0.2, -0.15) is 0 Å². The molecule has 4 rings (SSSR count). The molecule has 0 bridgehead atoms. The summed E-state index contributed by atoms with van der Waals surface area (Å²) in [5, 5.41) is 15.9. The number of likely N-dealkylation sites (tertiary alicyclic amines) is 1. The third kappa shape index (κ3) is 5.60. The predicted molar refractivity (Wildman–Crippen MR) is 127 cm³/mol. The molecule has 9 nitrogen and oxygen atoms in total. The van der Waals surface area contributed by atoms with Crippen LogP contribution in [0.4, 0.5) is 0 Å². The summed E-state index contributed by atoms with van der Waals surface area (Å²) >= 11 is 0. The Kier molecular flexibility index (Phi) is 7.22. The number of nitrogens with one attached hydrogen (secondary N) is 3. The second-order valence-corrected chi connectivity index (χ2v) is 8.72. The van der Waals surface area contributed by atoms with Crippen molar-refractivity contribution in [2.75, 3.05) is 13.1 Å². The van der Waals surface area contributed by atoms with E-state index in [0.717, 1.165) is 28.6 Å². The Morgan fingerprint density at radius 2 is 2.03 bits per heavy atom. The first-order valence-corrected chi connectivity index (χ1v) is 11.4. The molecule has 0 radical (unpaired) electrons. The van der Waals surface area contributed by atoms with Crippen molar-refractivity contribution in [2.24, 2.45) is 0 Å². The van der Waals surface area contributed by atoms with E-state index in [1.54, 1.807) is 24.2 Å². The second kappa shape index (κ2) is 10.5. The van der Waals surface area contributed by atoms with Crippen LogP contribution in [0.15, 0.2) is 54.9 Å². The normalized spacial score (nSPS) is 19.4. The summed E-state index contributed by atoms with van der Waals surface area (Å²) in [6, 6.07) is 12.3. The van der Waals surface area contributed by atoms with E-state index in [2.05, 4.69) is 20.6 Å². The van der Waals surface area contributed by atoms with Gasteiger partial charge in [0.15, 0.2) is 0 Å². The number of nitrogens with zero attached hydrogens (tertiary/aromatic N) is 2. The quantitative estimate of drug-likeness (QED) is 0.405. The van der Waals surface area contributed by atoms with E-state index in [-0.39, 0.29) is 24.3 Å². The molecule has 0 saturated carbocycles. The van der Waals surface area contributed by atoms with E-state index in [0.29, 0.717) is 19.5 Å². The Bertz CT molecular complexity index is 1130. The zero-order valence-corrected chi connectivity index (χ0v) is 19.0. The van der Waals surface area contributed by atoms with E-state index in [1.165, 1.54) is 0 Å². The summed E-state index contributed by atoms with van der Waals surface area (Å²) in [7, 11) is 0. The molecular weight excluding hydrogens is 434 g/mol. The van der Waals surface area contributed by atoms with Crippen LogP contribution in [0.3, 0.4) is 0 Å². The molecule has 1 saturated heterocycles. The summed E-state index contributed by atoms with van der Waals surface area (Å²) in [4.78, 5) is 46.1. The first kappa shape index (κ1) is 23.4. The van der Waals surface area contributed by atoms with Crippen LogP contribution in [-0.4, -0.2) is 62.9 Å². The number of piperidine rings is 1. The van der Waals surface area contributed by atoms with Crippen LogP contribution in [0, 0.1) is 0 Å². The van der Waals surface area contributed by atoms with Crippen LogP contribution < -0.4 is 10.6 Å². The van der Waals surface area contributed by atoms with E-state index in [1.807, 2.05) is 42.5 Å². The van der Waals surface area contributed by atoms with Gasteiger partial charge in [0.1, 0.15) is 6.04 Å². The fraction of sp³-hybridized carbons (Fsp3) is 0.360. The van der Waals surface area contributed by atoms with Crippen molar-refractivity contribution in [3.05, 3.63) is 66.1 Å². The lowest BCUT2D eigenvalue weighted by atomic mass is 9.85. The van der Waals surface area contributed by atoms with Gasteiger partial charge in [-0.05, 0) is 43.4 Å². The molecule has 1 aromatic carbocycles. The molecule has 3 atom stereocenters. The monoisotopic (exact) mass is 463 g/mol. The van der Waals surface area contributed by atoms with Gasteiger partial charge in [0.05, 0.1) is 19.1 Å². The fourth-order valence-electron chi connectivity index (χ4n) is 4.52. The van der Waals surface area contributed by atoms with E-state index >= 15 is 0 Å². The summed E-state index contributed by atoms with van der Waals surface area (Å²) < 4.78 is 0. The molecule has 4 N–H and O–H groups in total. The zero-order chi connectivity index (χ0) is 24.1. The minimum absolute atomic E-state index is 0.155. The maximum atomic E-state index is 13.1. The number of hydrogen-bond donors (Lipinski definition) is 4. The first-order valence-electron chi connectivity index (χ1n) is 11.4. The van der Waals surface area contributed by atoms with Crippen molar-refractivity contribution in [3.63, 3.8) is 0 Å². The van der Waals surface area contributed by atoms with Crippen molar-refractivity contribution < 1.29 is 19.5 Å². The van der Waals surface area contributed by atoms with Gasteiger partial charge < -0.3 is 20.7 Å². The fourth-order valence-corrected chi connectivity index (χ4v) is 4.52. The van der Waals surface area contributed by atoms with Crippen LogP contribution in [0.2, 0.25) is 0 Å². The maximum absolute atomic E-state index is 13.1. The van der Waals surface area contributed by atoms with Crippen LogP contribution in [0.1, 0.15) is 36.9 Å². The Morgan fingerprint density at radius 3 is 2.76 bits per heavy atom. The van der Waals surface area contributed by atoms with Gasteiger partial charge in [0.2, 0.25) is 11.8 Å². The Balaban J connectivity index is 1.37. The highest BCUT2D eigenvalue weighted by Gasteiger charge is 2.35. The molecule has 34 heavy (non-hydrogen) atoms. The minimum Gasteiger partial charge on any atom is -0.480 e. The molecule has 1 aliphatic rings. The molecule has 2 amide bonds. The van der Waals surface area contributed by atoms with E-state index in [9.17, 15) is 19.5 Å². The van der Waals surface area contributed by atoms with Crippen LogP contribution in [0.5, 0.6) is 0 Å². The number of aromatic nitrogens is 2. The van der Waals surface area contributed by atoms with Gasteiger partial charge in [-0.25, -0.2) is 0 Å². The van der Waals surface area contributed by atoms with Crippen molar-refractivity contribution in [2.45, 2.75) is 44.3 Å². The van der Waals surface area contributed by atoms with Crippen molar-refractivity contribution in [3.8, 4) is 0 Å². The van der Waals surface area contributed by atoms with Gasteiger partial charge in [-0.3, -0.25) is 24.3 Å². The van der Waals surface area contributed by atoms with Crippen LogP contribution in [-0.2, 0) is 20.9 Å². The molecule has 2 aromatic heterocycles. The van der Waals surface area contributed by atoms with E-state index in [4.69, 9.17) is 0 Å². The molecule has 0 aliphatic carbocycles. The molecule has 1 fully saturated rings. The van der Waals surface area contributed by atoms with Crippen molar-refractivity contribution >= 4 is 28.7 Å².